The van der Waals surface area contributed by atoms with E-state index in [0.717, 1.165) is 18.6 Å². The lowest BCUT2D eigenvalue weighted by atomic mass is 10.1. The first-order chi connectivity index (χ1) is 8.58. The van der Waals surface area contributed by atoms with E-state index < -0.39 is 28.9 Å². The molecule has 1 aromatic carbocycles. The molecule has 0 aromatic heterocycles. The third kappa shape index (κ3) is 2.76. The van der Waals surface area contributed by atoms with Crippen molar-refractivity contribution in [3.05, 3.63) is 29.3 Å². The zero-order chi connectivity index (χ0) is 13.1. The molecule has 6 heteroatoms. The molecule has 0 amide bonds. The van der Waals surface area contributed by atoms with E-state index in [1.54, 1.807) is 0 Å². The van der Waals surface area contributed by atoms with Crippen molar-refractivity contribution in [1.29, 1.82) is 0 Å². The van der Waals surface area contributed by atoms with Gasteiger partial charge in [-0.05, 0) is 18.6 Å². The van der Waals surface area contributed by atoms with Gasteiger partial charge in [0.25, 0.3) is 0 Å². The molecule has 1 N–H and O–H groups in total. The summed E-state index contributed by atoms with van der Waals surface area (Å²) in [6, 6.07) is 1.48. The van der Waals surface area contributed by atoms with E-state index in [1.807, 2.05) is 0 Å². The summed E-state index contributed by atoms with van der Waals surface area (Å²) in [7, 11) is 0. The summed E-state index contributed by atoms with van der Waals surface area (Å²) in [4.78, 5) is 10.6. The normalized spacial score (nSPS) is 18.9. The Balaban J connectivity index is 2.10. The van der Waals surface area contributed by atoms with Gasteiger partial charge >= 0.3 is 5.97 Å². The largest absolute Gasteiger partial charge is 0.487 e. The van der Waals surface area contributed by atoms with E-state index in [4.69, 9.17) is 14.6 Å². The Bertz CT molecular complexity index is 432. The van der Waals surface area contributed by atoms with Gasteiger partial charge in [-0.15, -0.1) is 0 Å². The molecule has 0 saturated carbocycles. The van der Waals surface area contributed by atoms with Crippen LogP contribution in [0.3, 0.4) is 0 Å². The Labute approximate surface area is 102 Å². The van der Waals surface area contributed by atoms with Crippen molar-refractivity contribution in [2.45, 2.75) is 6.42 Å². The third-order valence-electron chi connectivity index (χ3n) is 2.73. The second-order valence-electron chi connectivity index (χ2n) is 4.11. The minimum Gasteiger partial charge on any atom is -0.487 e. The van der Waals surface area contributed by atoms with Crippen molar-refractivity contribution >= 4 is 5.97 Å². The van der Waals surface area contributed by atoms with Gasteiger partial charge in [0.1, 0.15) is 0 Å². The van der Waals surface area contributed by atoms with Crippen molar-refractivity contribution in [3.8, 4) is 5.75 Å². The summed E-state index contributed by atoms with van der Waals surface area (Å²) in [5.41, 5.74) is -0.443. The van der Waals surface area contributed by atoms with Crippen molar-refractivity contribution in [3.63, 3.8) is 0 Å². The van der Waals surface area contributed by atoms with Gasteiger partial charge in [-0.1, -0.05) is 0 Å². The molecular weight excluding hydrogens is 246 g/mol. The van der Waals surface area contributed by atoms with E-state index in [9.17, 15) is 13.6 Å². The van der Waals surface area contributed by atoms with Crippen LogP contribution in [0.4, 0.5) is 8.78 Å². The van der Waals surface area contributed by atoms with Crippen LogP contribution in [0.15, 0.2) is 12.1 Å². The Morgan fingerprint density at radius 1 is 1.44 bits per heavy atom. The van der Waals surface area contributed by atoms with Crippen LogP contribution in [0, 0.1) is 17.6 Å². The van der Waals surface area contributed by atoms with Crippen LogP contribution in [-0.4, -0.2) is 30.9 Å². The first-order valence-electron chi connectivity index (χ1n) is 5.51. The topological polar surface area (TPSA) is 55.8 Å². The second kappa shape index (κ2) is 5.30. The van der Waals surface area contributed by atoms with Crippen molar-refractivity contribution in [1.82, 2.24) is 0 Å². The Morgan fingerprint density at radius 2 is 2.11 bits per heavy atom. The average Bonchev–Trinajstić information content (AvgIpc) is 2.80. The summed E-state index contributed by atoms with van der Waals surface area (Å²) in [5.74, 6) is -3.82. The number of carboxylic acid groups (broad SMARTS) is 1. The Morgan fingerprint density at radius 3 is 2.61 bits per heavy atom. The molecule has 1 saturated heterocycles. The smallest absolute Gasteiger partial charge is 0.335 e. The lowest BCUT2D eigenvalue weighted by molar-refractivity contribution is 0.0695. The zero-order valence-electron chi connectivity index (χ0n) is 9.49. The van der Waals surface area contributed by atoms with Gasteiger partial charge in [0, 0.05) is 12.5 Å². The molecule has 0 spiro atoms. The van der Waals surface area contributed by atoms with Gasteiger partial charge in [-0.3, -0.25) is 0 Å². The SMILES string of the molecule is O=C(O)c1cc(F)c(OCC2CCOC2)c(F)c1. The molecule has 2 rings (SSSR count). The van der Waals surface area contributed by atoms with Crippen LogP contribution in [0.1, 0.15) is 16.8 Å². The fraction of sp³-hybridized carbons (Fsp3) is 0.417. The molecule has 1 unspecified atom stereocenters. The fourth-order valence-corrected chi connectivity index (χ4v) is 1.74. The molecule has 4 nitrogen and oxygen atoms in total. The van der Waals surface area contributed by atoms with Crippen molar-refractivity contribution in [2.75, 3.05) is 19.8 Å². The van der Waals surface area contributed by atoms with E-state index in [1.165, 1.54) is 0 Å². The first-order valence-corrected chi connectivity index (χ1v) is 5.51. The van der Waals surface area contributed by atoms with Crippen molar-refractivity contribution in [2.24, 2.45) is 5.92 Å². The van der Waals surface area contributed by atoms with E-state index in [-0.39, 0.29) is 12.5 Å². The number of aromatic carboxylic acids is 1. The highest BCUT2D eigenvalue weighted by Crippen LogP contribution is 2.25. The lowest BCUT2D eigenvalue weighted by Crippen LogP contribution is -2.13. The third-order valence-corrected chi connectivity index (χ3v) is 2.73. The molecule has 1 aromatic rings. The molecule has 1 fully saturated rings. The van der Waals surface area contributed by atoms with Crippen LogP contribution >= 0.6 is 0 Å². The minimum absolute atomic E-state index is 0.114. The molecule has 1 atom stereocenters. The molecule has 1 aliphatic heterocycles. The maximum Gasteiger partial charge on any atom is 0.335 e. The van der Waals surface area contributed by atoms with Crippen LogP contribution < -0.4 is 4.74 Å². The predicted molar refractivity (Wildman–Crippen MR) is 57.7 cm³/mol. The molecule has 1 heterocycles. The summed E-state index contributed by atoms with van der Waals surface area (Å²) in [5, 5.41) is 8.64. The maximum atomic E-state index is 13.5. The minimum atomic E-state index is -1.39. The summed E-state index contributed by atoms with van der Waals surface area (Å²) in [6.07, 6.45) is 0.788. The van der Waals surface area contributed by atoms with Crippen molar-refractivity contribution < 1.29 is 28.2 Å². The predicted octanol–water partition coefficient (Wildman–Crippen LogP) is 2.08. The number of carbonyl (C=O) groups is 1. The number of ether oxygens (including phenoxy) is 2. The number of rotatable bonds is 4. The maximum absolute atomic E-state index is 13.5. The number of hydrogen-bond acceptors (Lipinski definition) is 3. The van der Waals surface area contributed by atoms with Crippen LogP contribution in [-0.2, 0) is 4.74 Å². The van der Waals surface area contributed by atoms with Gasteiger partial charge in [0.15, 0.2) is 17.4 Å². The second-order valence-corrected chi connectivity index (χ2v) is 4.11. The molecule has 1 aliphatic rings. The molecule has 0 bridgehead atoms. The first kappa shape index (κ1) is 12.8. The monoisotopic (exact) mass is 258 g/mol. The standard InChI is InChI=1S/C12H12F2O4/c13-9-3-8(12(15)16)4-10(14)11(9)18-6-7-1-2-17-5-7/h3-4,7H,1-2,5-6H2,(H,15,16). The summed E-state index contributed by atoms with van der Waals surface area (Å²) in [6.45, 7) is 1.29. The highest BCUT2D eigenvalue weighted by molar-refractivity contribution is 5.87. The Kier molecular flexibility index (Phi) is 3.76. The molecule has 0 aliphatic carbocycles. The fourth-order valence-electron chi connectivity index (χ4n) is 1.74. The van der Waals surface area contributed by atoms with Crippen LogP contribution in [0.2, 0.25) is 0 Å². The van der Waals surface area contributed by atoms with Gasteiger partial charge in [-0.2, -0.15) is 0 Å². The van der Waals surface area contributed by atoms with Gasteiger partial charge in [-0.25, -0.2) is 13.6 Å². The highest BCUT2D eigenvalue weighted by Gasteiger charge is 2.20. The zero-order valence-corrected chi connectivity index (χ0v) is 9.49. The van der Waals surface area contributed by atoms with Crippen LogP contribution in [0.5, 0.6) is 5.75 Å². The molecule has 98 valence electrons. The summed E-state index contributed by atoms with van der Waals surface area (Å²) >= 11 is 0. The number of carboxylic acids is 1. The lowest BCUT2D eigenvalue weighted by Gasteiger charge is -2.12. The van der Waals surface area contributed by atoms with Gasteiger partial charge in [0.05, 0.1) is 18.8 Å². The summed E-state index contributed by atoms with van der Waals surface area (Å²) < 4.78 is 37.1. The van der Waals surface area contributed by atoms with Gasteiger partial charge in [0.2, 0.25) is 0 Å². The molecule has 0 radical (unpaired) electrons. The van der Waals surface area contributed by atoms with Gasteiger partial charge < -0.3 is 14.6 Å². The quantitative estimate of drug-likeness (QED) is 0.898. The van der Waals surface area contributed by atoms with E-state index in [0.29, 0.717) is 13.2 Å². The average molecular weight is 258 g/mol. The number of hydrogen-bond donors (Lipinski definition) is 1. The number of benzene rings is 1. The number of halogens is 2. The molecular formula is C12H12F2O4. The van der Waals surface area contributed by atoms with E-state index in [2.05, 4.69) is 0 Å². The molecule has 18 heavy (non-hydrogen) atoms. The van der Waals surface area contributed by atoms with Crippen LogP contribution in [0.25, 0.3) is 0 Å². The highest BCUT2D eigenvalue weighted by atomic mass is 19.1. The van der Waals surface area contributed by atoms with E-state index >= 15 is 0 Å². The Hall–Kier alpha value is -1.69.